The molecule has 7 nitrogen and oxygen atoms in total. The Morgan fingerprint density at radius 2 is 1.86 bits per heavy atom. The highest BCUT2D eigenvalue weighted by atomic mass is 35.5. The average Bonchev–Trinajstić information content (AvgIpc) is 3.13. The van der Waals surface area contributed by atoms with Crippen molar-refractivity contribution in [2.45, 2.75) is 6.54 Å². The first-order chi connectivity index (χ1) is 14.2. The number of rotatable bonds is 2. The van der Waals surface area contributed by atoms with E-state index in [1.54, 1.807) is 9.58 Å². The molecule has 3 heterocycles. The quantitative estimate of drug-likeness (QED) is 0.654. The summed E-state index contributed by atoms with van der Waals surface area (Å²) < 4.78 is 7.03. The van der Waals surface area contributed by atoms with Gasteiger partial charge in [0.05, 0.1) is 31.2 Å². The molecule has 1 amide bonds. The number of benzene rings is 2. The van der Waals surface area contributed by atoms with Gasteiger partial charge in [0.25, 0.3) is 5.91 Å². The summed E-state index contributed by atoms with van der Waals surface area (Å²) in [6.45, 7) is 2.48. The molecule has 0 aliphatic carbocycles. The first-order valence-electron chi connectivity index (χ1n) is 9.44. The highest BCUT2D eigenvalue weighted by Gasteiger charge is 2.27. The van der Waals surface area contributed by atoms with E-state index in [0.29, 0.717) is 43.7 Å². The van der Waals surface area contributed by atoms with Crippen molar-refractivity contribution in [3.63, 3.8) is 0 Å². The van der Waals surface area contributed by atoms with Crippen molar-refractivity contribution in [2.24, 2.45) is 4.99 Å². The number of aliphatic imine (C=N–C) groups is 1. The molecule has 2 aromatic carbocycles. The summed E-state index contributed by atoms with van der Waals surface area (Å²) >= 11 is 6.29. The maximum absolute atomic E-state index is 12.8. The Labute approximate surface area is 172 Å². The Bertz CT molecular complexity index is 1100. The predicted octanol–water partition coefficient (Wildman–Crippen LogP) is 2.74. The van der Waals surface area contributed by atoms with E-state index in [1.165, 1.54) is 0 Å². The Morgan fingerprint density at radius 3 is 2.66 bits per heavy atom. The van der Waals surface area contributed by atoms with E-state index < -0.39 is 0 Å². The number of halogens is 1. The minimum absolute atomic E-state index is 0.182. The molecule has 29 heavy (non-hydrogen) atoms. The van der Waals surface area contributed by atoms with Crippen LogP contribution >= 0.6 is 11.6 Å². The first-order valence-corrected chi connectivity index (χ1v) is 9.81. The highest BCUT2D eigenvalue weighted by Crippen LogP contribution is 2.27. The van der Waals surface area contributed by atoms with Crippen LogP contribution in [-0.2, 0) is 11.3 Å². The molecule has 0 unspecified atom stereocenters. The lowest BCUT2D eigenvalue weighted by molar-refractivity contribution is 0.0295. The second-order valence-corrected chi connectivity index (χ2v) is 7.30. The zero-order valence-corrected chi connectivity index (χ0v) is 16.3. The van der Waals surface area contributed by atoms with Crippen LogP contribution in [0.25, 0.3) is 5.69 Å². The minimum atomic E-state index is -0.184. The van der Waals surface area contributed by atoms with Crippen molar-refractivity contribution in [3.8, 4) is 5.69 Å². The molecule has 0 spiro atoms. The number of nitrogens with zero attached hydrogens (tertiary/aromatic N) is 5. The second-order valence-electron chi connectivity index (χ2n) is 6.86. The molecule has 2 aliphatic heterocycles. The number of carbonyl (C=O) groups is 1. The average molecular weight is 408 g/mol. The SMILES string of the molecule is O=C(c1nc2n(n1)-c1ccc(Cl)cc1C(c1ccccc1)=NC2)N1CCOCC1. The molecule has 2 aliphatic rings. The van der Waals surface area contributed by atoms with Crippen LogP contribution in [0.2, 0.25) is 5.02 Å². The summed E-state index contributed by atoms with van der Waals surface area (Å²) in [5, 5.41) is 5.15. The van der Waals surface area contributed by atoms with Crippen LogP contribution in [0.1, 0.15) is 27.6 Å². The van der Waals surface area contributed by atoms with Gasteiger partial charge in [0.2, 0.25) is 5.82 Å². The molecular formula is C21H18ClN5O2. The summed E-state index contributed by atoms with van der Waals surface area (Å²) in [6.07, 6.45) is 0. The summed E-state index contributed by atoms with van der Waals surface area (Å²) in [4.78, 5) is 23.9. The van der Waals surface area contributed by atoms with Crippen LogP contribution in [0.4, 0.5) is 0 Å². The number of hydrogen-bond acceptors (Lipinski definition) is 5. The van der Waals surface area contributed by atoms with Gasteiger partial charge in [-0.2, -0.15) is 0 Å². The number of ether oxygens (including phenoxy) is 1. The molecule has 5 rings (SSSR count). The lowest BCUT2D eigenvalue weighted by atomic mass is 10.0. The molecule has 146 valence electrons. The summed E-state index contributed by atoms with van der Waals surface area (Å²) in [5.41, 5.74) is 3.48. The second kappa shape index (κ2) is 7.42. The van der Waals surface area contributed by atoms with Crippen LogP contribution in [0.3, 0.4) is 0 Å². The number of aromatic nitrogens is 3. The van der Waals surface area contributed by atoms with Crippen molar-refractivity contribution in [3.05, 3.63) is 76.3 Å². The Morgan fingerprint density at radius 1 is 1.07 bits per heavy atom. The fourth-order valence-electron chi connectivity index (χ4n) is 3.60. The van der Waals surface area contributed by atoms with Gasteiger partial charge in [0, 0.05) is 29.2 Å². The zero-order chi connectivity index (χ0) is 19.8. The fraction of sp³-hybridized carbons (Fsp3) is 0.238. The molecule has 0 bridgehead atoms. The first kappa shape index (κ1) is 18.0. The van der Waals surface area contributed by atoms with Crippen LogP contribution in [0.5, 0.6) is 0 Å². The normalized spacial score (nSPS) is 15.9. The van der Waals surface area contributed by atoms with Crippen LogP contribution < -0.4 is 0 Å². The van der Waals surface area contributed by atoms with Crippen LogP contribution in [-0.4, -0.2) is 57.6 Å². The largest absolute Gasteiger partial charge is 0.378 e. The number of amides is 1. The van der Waals surface area contributed by atoms with E-state index in [4.69, 9.17) is 21.3 Å². The van der Waals surface area contributed by atoms with E-state index >= 15 is 0 Å². The smallest absolute Gasteiger partial charge is 0.293 e. The Balaban J connectivity index is 1.59. The number of fused-ring (bicyclic) bond motifs is 3. The molecule has 8 heteroatoms. The van der Waals surface area contributed by atoms with Crippen LogP contribution in [0, 0.1) is 0 Å². The van der Waals surface area contributed by atoms with Crippen molar-refractivity contribution >= 4 is 23.2 Å². The van der Waals surface area contributed by atoms with Gasteiger partial charge in [-0.3, -0.25) is 9.79 Å². The summed E-state index contributed by atoms with van der Waals surface area (Å²) in [5.74, 6) is 0.619. The third-order valence-electron chi connectivity index (χ3n) is 5.03. The van der Waals surface area contributed by atoms with E-state index in [1.807, 2.05) is 48.5 Å². The standard InChI is InChI=1S/C21H18ClN5O2/c22-15-6-7-17-16(12-15)19(14-4-2-1-3-5-14)23-13-18-24-20(25-27(17)18)21(28)26-8-10-29-11-9-26/h1-7,12H,8-11,13H2. The van der Waals surface area contributed by atoms with Gasteiger partial charge in [-0.05, 0) is 18.2 Å². The molecule has 1 aromatic heterocycles. The zero-order valence-electron chi connectivity index (χ0n) is 15.6. The molecule has 0 saturated carbocycles. The molecule has 1 fully saturated rings. The lowest BCUT2D eigenvalue weighted by Gasteiger charge is -2.25. The maximum atomic E-state index is 12.8. The number of morpholine rings is 1. The van der Waals surface area contributed by atoms with E-state index in [2.05, 4.69) is 10.1 Å². The number of carbonyl (C=O) groups excluding carboxylic acids is 1. The van der Waals surface area contributed by atoms with Crippen LogP contribution in [0.15, 0.2) is 53.5 Å². The van der Waals surface area contributed by atoms with Gasteiger partial charge in [-0.25, -0.2) is 9.67 Å². The Kier molecular flexibility index (Phi) is 4.61. The third-order valence-corrected chi connectivity index (χ3v) is 5.27. The highest BCUT2D eigenvalue weighted by molar-refractivity contribution is 6.31. The summed E-state index contributed by atoms with van der Waals surface area (Å²) in [6, 6.07) is 15.5. The van der Waals surface area contributed by atoms with Gasteiger partial charge in [0.15, 0.2) is 5.82 Å². The third kappa shape index (κ3) is 3.32. The monoisotopic (exact) mass is 407 g/mol. The van der Waals surface area contributed by atoms with Crippen molar-refractivity contribution in [2.75, 3.05) is 26.3 Å². The van der Waals surface area contributed by atoms with Gasteiger partial charge in [-0.1, -0.05) is 41.9 Å². The molecule has 0 N–H and O–H groups in total. The predicted molar refractivity (Wildman–Crippen MR) is 109 cm³/mol. The summed E-state index contributed by atoms with van der Waals surface area (Å²) in [7, 11) is 0. The molecule has 3 aromatic rings. The van der Waals surface area contributed by atoms with Gasteiger partial charge in [0.1, 0.15) is 0 Å². The molecule has 0 atom stereocenters. The molecule has 1 saturated heterocycles. The lowest BCUT2D eigenvalue weighted by Crippen LogP contribution is -2.41. The maximum Gasteiger partial charge on any atom is 0.293 e. The van der Waals surface area contributed by atoms with Crippen molar-refractivity contribution in [1.82, 2.24) is 19.7 Å². The molecule has 0 radical (unpaired) electrons. The van der Waals surface area contributed by atoms with E-state index in [-0.39, 0.29) is 11.7 Å². The van der Waals surface area contributed by atoms with Crippen molar-refractivity contribution in [1.29, 1.82) is 0 Å². The van der Waals surface area contributed by atoms with E-state index in [0.717, 1.165) is 22.5 Å². The molecular weight excluding hydrogens is 390 g/mol. The topological polar surface area (TPSA) is 72.6 Å². The van der Waals surface area contributed by atoms with Gasteiger partial charge in [-0.15, -0.1) is 5.10 Å². The van der Waals surface area contributed by atoms with Gasteiger partial charge < -0.3 is 9.64 Å². The fourth-order valence-corrected chi connectivity index (χ4v) is 3.77. The van der Waals surface area contributed by atoms with Crippen molar-refractivity contribution < 1.29 is 9.53 Å². The minimum Gasteiger partial charge on any atom is -0.378 e. The van der Waals surface area contributed by atoms with Gasteiger partial charge >= 0.3 is 0 Å². The number of hydrogen-bond donors (Lipinski definition) is 0. The Hall–Kier alpha value is -3.03. The van der Waals surface area contributed by atoms with E-state index in [9.17, 15) is 4.79 Å².